The van der Waals surface area contributed by atoms with E-state index in [1.54, 1.807) is 0 Å². The van der Waals surface area contributed by atoms with E-state index in [0.717, 1.165) is 25.3 Å². The molecule has 0 saturated carbocycles. The topological polar surface area (TPSA) is 75.0 Å². The summed E-state index contributed by atoms with van der Waals surface area (Å²) in [4.78, 5) is 20.4. The molecule has 2 heterocycles. The van der Waals surface area contributed by atoms with Crippen LogP contribution in [0.1, 0.15) is 13.3 Å². The summed E-state index contributed by atoms with van der Waals surface area (Å²) in [6.45, 7) is 3.86. The molecule has 1 aliphatic rings. The van der Waals surface area contributed by atoms with Crippen LogP contribution in [0.5, 0.6) is 0 Å². The number of hydrogen-bond donors (Lipinski definition) is 2. The van der Waals surface area contributed by atoms with Gasteiger partial charge in [0.25, 0.3) is 5.56 Å². The largest absolute Gasteiger partial charge is 0.354 e. The first-order valence-electron chi connectivity index (χ1n) is 5.31. The Morgan fingerprint density at radius 3 is 3.06 bits per heavy atom. The van der Waals surface area contributed by atoms with Crippen molar-refractivity contribution in [3.8, 4) is 0 Å². The van der Waals surface area contributed by atoms with Crippen molar-refractivity contribution in [2.45, 2.75) is 19.4 Å². The Kier molecular flexibility index (Phi) is 3.48. The molecular weight excluding hydrogens is 319 g/mol. The van der Waals surface area contributed by atoms with Gasteiger partial charge >= 0.3 is 0 Å². The van der Waals surface area contributed by atoms with Crippen LogP contribution in [0.4, 0.5) is 5.82 Å². The molecule has 0 aliphatic carbocycles. The zero-order chi connectivity index (χ0) is 11.7. The van der Waals surface area contributed by atoms with Crippen molar-refractivity contribution in [1.82, 2.24) is 9.97 Å². The highest BCUT2D eigenvalue weighted by molar-refractivity contribution is 14.1. The highest BCUT2D eigenvalue weighted by Crippen LogP contribution is 2.22. The number of aromatic nitrogens is 2. The predicted octanol–water partition coefficient (Wildman–Crippen LogP) is 0.548. The monoisotopic (exact) mass is 334 g/mol. The van der Waals surface area contributed by atoms with Gasteiger partial charge in [-0.05, 0) is 34.9 Å². The molecule has 0 bridgehead atoms. The fourth-order valence-corrected chi connectivity index (χ4v) is 2.80. The van der Waals surface area contributed by atoms with Crippen LogP contribution < -0.4 is 16.2 Å². The standard InChI is InChI=1S/C10H15IN4O/c1-6-2-7(12)4-15(3-6)9-8(11)10(16)14-5-13-9/h5-7H,2-4,12H2,1H3,(H,13,14,16). The van der Waals surface area contributed by atoms with Crippen molar-refractivity contribution < 1.29 is 0 Å². The molecule has 1 aromatic rings. The van der Waals surface area contributed by atoms with Gasteiger partial charge in [-0.1, -0.05) is 6.92 Å². The Balaban J connectivity index is 2.30. The van der Waals surface area contributed by atoms with E-state index in [1.165, 1.54) is 6.33 Å². The molecule has 5 nitrogen and oxygen atoms in total. The Morgan fingerprint density at radius 1 is 1.62 bits per heavy atom. The minimum Gasteiger partial charge on any atom is -0.354 e. The summed E-state index contributed by atoms with van der Waals surface area (Å²) < 4.78 is 0.640. The number of aromatic amines is 1. The molecule has 2 unspecified atom stereocenters. The normalized spacial score (nSPS) is 25.8. The summed E-state index contributed by atoms with van der Waals surface area (Å²) in [5.74, 6) is 1.30. The first kappa shape index (κ1) is 11.8. The Labute approximate surface area is 108 Å². The maximum Gasteiger partial charge on any atom is 0.266 e. The van der Waals surface area contributed by atoms with Crippen LogP contribution in [0.25, 0.3) is 0 Å². The fraction of sp³-hybridized carbons (Fsp3) is 0.600. The quantitative estimate of drug-likeness (QED) is 0.736. The number of H-pyrrole nitrogens is 1. The Hall–Kier alpha value is -0.630. The maximum atomic E-state index is 11.5. The lowest BCUT2D eigenvalue weighted by Gasteiger charge is -2.35. The van der Waals surface area contributed by atoms with Crippen molar-refractivity contribution in [1.29, 1.82) is 0 Å². The van der Waals surface area contributed by atoms with Crippen LogP contribution in [0.15, 0.2) is 11.1 Å². The molecule has 1 aromatic heterocycles. The van der Waals surface area contributed by atoms with Crippen molar-refractivity contribution >= 4 is 28.4 Å². The zero-order valence-corrected chi connectivity index (χ0v) is 11.3. The van der Waals surface area contributed by atoms with Crippen LogP contribution in [0.2, 0.25) is 0 Å². The molecule has 6 heteroatoms. The van der Waals surface area contributed by atoms with E-state index in [2.05, 4.69) is 21.8 Å². The van der Waals surface area contributed by atoms with E-state index >= 15 is 0 Å². The lowest BCUT2D eigenvalue weighted by Crippen LogP contribution is -2.47. The Bertz CT molecular complexity index is 423. The zero-order valence-electron chi connectivity index (χ0n) is 9.11. The molecule has 3 N–H and O–H groups in total. The van der Waals surface area contributed by atoms with E-state index in [4.69, 9.17) is 5.73 Å². The first-order valence-corrected chi connectivity index (χ1v) is 6.39. The van der Waals surface area contributed by atoms with Gasteiger partial charge in [0.05, 0.1) is 6.33 Å². The number of nitrogens with two attached hydrogens (primary N) is 1. The van der Waals surface area contributed by atoms with Gasteiger partial charge < -0.3 is 15.6 Å². The molecule has 88 valence electrons. The van der Waals surface area contributed by atoms with Crippen LogP contribution in [-0.2, 0) is 0 Å². The molecule has 1 saturated heterocycles. The second kappa shape index (κ2) is 4.70. The van der Waals surface area contributed by atoms with Crippen molar-refractivity contribution in [3.63, 3.8) is 0 Å². The molecule has 1 fully saturated rings. The molecule has 16 heavy (non-hydrogen) atoms. The lowest BCUT2D eigenvalue weighted by molar-refractivity contribution is 0.399. The number of hydrogen-bond acceptors (Lipinski definition) is 4. The van der Waals surface area contributed by atoms with E-state index in [-0.39, 0.29) is 11.6 Å². The van der Waals surface area contributed by atoms with Gasteiger partial charge in [-0.15, -0.1) is 0 Å². The minimum absolute atomic E-state index is 0.0857. The summed E-state index contributed by atoms with van der Waals surface area (Å²) in [6, 6.07) is 0.167. The van der Waals surface area contributed by atoms with Crippen LogP contribution in [-0.4, -0.2) is 29.1 Å². The van der Waals surface area contributed by atoms with Gasteiger partial charge in [0.2, 0.25) is 0 Å². The minimum atomic E-state index is -0.0857. The second-order valence-corrected chi connectivity index (χ2v) is 5.45. The average molecular weight is 334 g/mol. The molecule has 2 rings (SSSR count). The lowest BCUT2D eigenvalue weighted by atomic mass is 9.97. The van der Waals surface area contributed by atoms with Gasteiger partial charge in [-0.25, -0.2) is 4.98 Å². The van der Waals surface area contributed by atoms with Gasteiger partial charge in [0.1, 0.15) is 9.39 Å². The number of nitrogens with zero attached hydrogens (tertiary/aromatic N) is 2. The van der Waals surface area contributed by atoms with Crippen LogP contribution in [0, 0.1) is 9.49 Å². The second-order valence-electron chi connectivity index (χ2n) is 4.38. The third-order valence-corrected chi connectivity index (χ3v) is 3.74. The highest BCUT2D eigenvalue weighted by Gasteiger charge is 2.24. The highest BCUT2D eigenvalue weighted by atomic mass is 127. The van der Waals surface area contributed by atoms with Crippen LogP contribution in [0.3, 0.4) is 0 Å². The molecule has 2 atom stereocenters. The summed E-state index contributed by atoms with van der Waals surface area (Å²) in [7, 11) is 0. The van der Waals surface area contributed by atoms with E-state index in [9.17, 15) is 4.79 Å². The van der Waals surface area contributed by atoms with Crippen molar-refractivity contribution in [2.24, 2.45) is 11.7 Å². The molecule has 1 aliphatic heterocycles. The number of piperidine rings is 1. The van der Waals surface area contributed by atoms with Crippen LogP contribution >= 0.6 is 22.6 Å². The molecule has 0 radical (unpaired) electrons. The van der Waals surface area contributed by atoms with Crippen molar-refractivity contribution in [3.05, 3.63) is 20.3 Å². The molecule has 0 aromatic carbocycles. The third kappa shape index (κ3) is 2.37. The van der Waals surface area contributed by atoms with Gasteiger partial charge in [-0.2, -0.15) is 0 Å². The summed E-state index contributed by atoms with van der Waals surface area (Å²) >= 11 is 2.03. The molecule has 0 spiro atoms. The van der Waals surface area contributed by atoms with Gasteiger partial charge in [-0.3, -0.25) is 4.79 Å². The van der Waals surface area contributed by atoms with E-state index in [0.29, 0.717) is 9.49 Å². The SMILES string of the molecule is CC1CC(N)CN(c2nc[nH]c(=O)c2I)C1. The number of anilines is 1. The van der Waals surface area contributed by atoms with Gasteiger partial charge in [0, 0.05) is 19.1 Å². The predicted molar refractivity (Wildman–Crippen MR) is 71.5 cm³/mol. The van der Waals surface area contributed by atoms with E-state index < -0.39 is 0 Å². The number of halogens is 1. The summed E-state index contributed by atoms with van der Waals surface area (Å²) in [5.41, 5.74) is 5.90. The van der Waals surface area contributed by atoms with Crippen molar-refractivity contribution in [2.75, 3.05) is 18.0 Å². The summed E-state index contributed by atoms with van der Waals surface area (Å²) in [5, 5.41) is 0. The van der Waals surface area contributed by atoms with Gasteiger partial charge in [0.15, 0.2) is 0 Å². The molecular formula is C10H15IN4O. The molecule has 0 amide bonds. The smallest absolute Gasteiger partial charge is 0.266 e. The Morgan fingerprint density at radius 2 is 2.38 bits per heavy atom. The maximum absolute atomic E-state index is 11.5. The first-order chi connectivity index (χ1) is 7.58. The van der Waals surface area contributed by atoms with E-state index in [1.807, 2.05) is 22.6 Å². The number of nitrogens with one attached hydrogen (secondary N) is 1. The summed E-state index contributed by atoms with van der Waals surface area (Å²) in [6.07, 6.45) is 2.49. The number of rotatable bonds is 1. The fourth-order valence-electron chi connectivity index (χ4n) is 2.17. The average Bonchev–Trinajstić information content (AvgIpc) is 2.20. The third-order valence-electron chi connectivity index (χ3n) is 2.77.